The highest BCUT2D eigenvalue weighted by molar-refractivity contribution is 6.39. The Balaban J connectivity index is -0.0000000452. The number of hydrogen-bond acceptors (Lipinski definition) is 27. The molecule has 4 aliphatic rings. The van der Waals surface area contributed by atoms with Crippen molar-refractivity contribution < 1.29 is 179 Å². The average Bonchev–Trinajstić information content (AvgIpc) is 0.856. The molecule has 1 saturated carbocycles. The summed E-state index contributed by atoms with van der Waals surface area (Å²) in [4.78, 5) is 65.7. The Bertz CT molecular complexity index is 5410. The minimum Gasteiger partial charge on any atom is -0.456 e. The van der Waals surface area contributed by atoms with Gasteiger partial charge in [0.2, 0.25) is 5.79 Å². The van der Waals surface area contributed by atoms with Gasteiger partial charge in [0.1, 0.15) is 24.0 Å². The number of ketones is 2. The van der Waals surface area contributed by atoms with E-state index in [0.717, 1.165) is 5.57 Å². The van der Waals surface area contributed by atoms with Crippen molar-refractivity contribution in [1.82, 2.24) is 10.5 Å². The lowest BCUT2D eigenvalue weighted by Gasteiger charge is -2.47. The number of cyclic esters (lactones) is 1. The van der Waals surface area contributed by atoms with Gasteiger partial charge in [-0.2, -0.15) is 0 Å². The van der Waals surface area contributed by atoms with Crippen LogP contribution in [0.5, 0.6) is 0 Å². The molecule has 0 unspecified atom stereocenters. The van der Waals surface area contributed by atoms with Gasteiger partial charge in [-0.25, -0.2) is 15.3 Å². The maximum atomic E-state index is 14.4. The molecule has 28 heteroatoms. The predicted octanol–water partition coefficient (Wildman–Crippen LogP) is 12.9. The van der Waals surface area contributed by atoms with E-state index in [1.165, 1.54) is 24.8 Å². The van der Waals surface area contributed by atoms with Crippen molar-refractivity contribution in [3.05, 3.63) is 35.5 Å². The van der Waals surface area contributed by atoms with Crippen LogP contribution in [0.2, 0.25) is 0 Å². The summed E-state index contributed by atoms with van der Waals surface area (Å²) in [5, 5.41) is 89.1. The van der Waals surface area contributed by atoms with Crippen LogP contribution in [0.15, 0.2) is 35.5 Å². The number of hydrogen-bond donors (Lipinski definition) is 7. The van der Waals surface area contributed by atoms with Crippen LogP contribution in [0.3, 0.4) is 0 Å². The number of terminal acetylenes is 1. The van der Waals surface area contributed by atoms with Gasteiger partial charge in [0.05, 0.1) is 36.1 Å². The lowest BCUT2D eigenvalue weighted by Crippen LogP contribution is -2.64. The minimum atomic E-state index is -2.53. The summed E-state index contributed by atoms with van der Waals surface area (Å²) in [6.07, 6.45) is 11.0. The Labute approximate surface area is 763 Å². The van der Waals surface area contributed by atoms with Crippen LogP contribution >= 0.6 is 0 Å². The highest BCUT2D eigenvalue weighted by Crippen LogP contribution is 2.40. The lowest BCUT2D eigenvalue weighted by molar-refractivity contribution is -0.808. The second-order valence-electron chi connectivity index (χ2n) is 25.7. The summed E-state index contributed by atoms with van der Waals surface area (Å²) in [6.45, 7) is 14.2. The Morgan fingerprint density at radius 2 is 0.992 bits per heavy atom. The van der Waals surface area contributed by atoms with Gasteiger partial charge in [-0.15, -0.1) is 6.42 Å². The second kappa shape index (κ2) is 65.4. The fraction of sp³-hybridized carbons (Fsp3) is 0.404. The van der Waals surface area contributed by atoms with Crippen molar-refractivity contribution in [2.45, 2.75) is 186 Å². The number of nitrogens with one attached hydrogen (secondary N) is 1. The molecule has 122 heavy (non-hydrogen) atoms. The number of amides is 1. The van der Waals surface area contributed by atoms with Crippen LogP contribution in [-0.4, -0.2) is 147 Å². The molecule has 694 valence electrons. The third-order valence-corrected chi connectivity index (χ3v) is 16.5. The first kappa shape index (κ1) is 105. The molecule has 3 aliphatic heterocycles. The summed E-state index contributed by atoms with van der Waals surface area (Å²) in [7, 11) is 4.59. The van der Waals surface area contributed by atoms with E-state index in [1.807, 2.05) is 26.0 Å². The number of ether oxygens (including phenoxy) is 5. The molecule has 3 fully saturated rings. The minimum absolute atomic E-state index is 0. The lowest BCUT2D eigenvalue weighted by atomic mass is 9.81. The van der Waals surface area contributed by atoms with Crippen molar-refractivity contribution in [2.75, 3.05) is 27.9 Å². The Morgan fingerprint density at radius 3 is 1.41 bits per heavy atom. The molecule has 28 nitrogen and oxygen atoms in total. The number of rotatable bonds is 19. The van der Waals surface area contributed by atoms with Crippen molar-refractivity contribution in [1.29, 1.82) is 0 Å². The number of aliphatic hydroxyl groups is 4. The molecule has 4 rings (SSSR count). The van der Waals surface area contributed by atoms with Crippen molar-refractivity contribution in [2.24, 2.45) is 29.6 Å². The number of Topliss-reactive ketones (excluding diaryl/α,β-unsaturated/α-hetero) is 2. The largest absolute Gasteiger partial charge is 0.456 e. The van der Waals surface area contributed by atoms with E-state index in [2.05, 4.69) is 322 Å². The molecule has 0 spiro atoms. The molecule has 0 aromatic rings. The predicted molar refractivity (Wildman–Crippen MR) is 508 cm³/mol. The van der Waals surface area contributed by atoms with E-state index in [0.29, 0.717) is 50.5 Å². The van der Waals surface area contributed by atoms with Crippen molar-refractivity contribution in [3.63, 3.8) is 0 Å². The smallest absolute Gasteiger partial charge is 0.329 e. The van der Waals surface area contributed by atoms with Gasteiger partial charge >= 0.3 is 5.97 Å². The van der Waals surface area contributed by atoms with Crippen molar-refractivity contribution in [3.8, 4) is 273 Å². The first-order valence-corrected chi connectivity index (χ1v) is 36.4. The standard InChI is InChI=1S/C47H75NO13.C47H4.H3NO13.35H2/c1-27-20-28(2)22-39(58-9)42-40(59-10)24-30(4)47(56,61-42)43(52)44(53)48-19-12-11-15-34(48)45(54)60-41(29(3)23-32-16-17-35(49)38(25-32)57-8)31(5)36(50)26-37(51)33(21-27)14-13-18-46(6,7)55;1-3-5-7-9-11-13-15-17-19-21-23-25-27-29-31-33-35-37-39-41-43-45-47-46-44-42-40-38-36-34-32-30-28-26-24-22-20-18-16-14-12-10-8-6-4-2;2-6-10-12-8-4-1-5-9-13-14-11-7-3;;;;;;;;;;;;;;;;;;;;;;;;;;;;;;;;;;;/h13,18,21,23,28,30-36,38-42,49-50,55-56H,11-12,14-17,19-20,22,24-26H2,1-10H3;1H,2H3;1-3H;35*1H/b18-13+,27-21+,29-23+;;;;;;;;;;;;;;;;;;;;;;;;;;;;;;;;;;;;;/t28-,30+,31+,32-,33+,34-,35+,36-,38+,39-,40-,41+,42+,47+;;;;;;;;;;;;;;;;;;;;;;;;;;;;;;;;;;;;;/m0...................................../s1. The van der Waals surface area contributed by atoms with E-state index in [1.54, 1.807) is 60.8 Å². The summed E-state index contributed by atoms with van der Waals surface area (Å²) in [5.74, 6) is 104. The molecule has 1 aliphatic carbocycles. The maximum absolute atomic E-state index is 14.4. The topological polar surface area (TPSA) is 353 Å². The zero-order valence-corrected chi connectivity index (χ0v) is 68.2. The molecule has 0 aromatic carbocycles. The molecule has 7 N–H and O–H groups in total. The first-order valence-electron chi connectivity index (χ1n) is 36.4. The van der Waals surface area contributed by atoms with Gasteiger partial charge in [0.25, 0.3) is 11.7 Å². The zero-order chi connectivity index (χ0) is 89.7. The van der Waals surface area contributed by atoms with Crippen LogP contribution in [0.4, 0.5) is 0 Å². The highest BCUT2D eigenvalue weighted by Gasteiger charge is 2.57. The molecule has 0 aromatic heterocycles. The number of fused-ring (bicyclic) bond motifs is 3. The van der Waals surface area contributed by atoms with Gasteiger partial charge in [-0.1, -0.05) is 66.5 Å². The molecular formula is C94H152N2O26. The number of methoxy groups -OCH3 is 3. The average molecular weight is 1730 g/mol. The van der Waals surface area contributed by atoms with E-state index >= 15 is 0 Å². The Morgan fingerprint density at radius 1 is 0.574 bits per heavy atom. The summed E-state index contributed by atoms with van der Waals surface area (Å²) < 4.78 is 29.9. The van der Waals surface area contributed by atoms with Gasteiger partial charge < -0.3 is 49.0 Å². The van der Waals surface area contributed by atoms with Gasteiger partial charge in [0.15, 0.2) is 0 Å². The normalized spacial score (nSPS) is 22.5. The zero-order valence-electron chi connectivity index (χ0n) is 68.2. The monoisotopic (exact) mass is 1730 g/mol. The summed E-state index contributed by atoms with van der Waals surface area (Å²) >= 11 is 0. The fourth-order valence-electron chi connectivity index (χ4n) is 11.3. The molecule has 1 amide bonds. The number of nitrogens with zero attached hydrogens (tertiary/aromatic N) is 1. The maximum Gasteiger partial charge on any atom is 0.329 e. The number of piperidine rings is 1. The van der Waals surface area contributed by atoms with Crippen LogP contribution in [0.25, 0.3) is 0 Å². The number of carbonyl (C=O) groups is 4. The van der Waals surface area contributed by atoms with Gasteiger partial charge in [0, 0.05) is 268 Å². The third kappa shape index (κ3) is 46.6. The molecule has 14 atom stereocenters. The summed E-state index contributed by atoms with van der Waals surface area (Å²) in [6, 6.07) is -1.17. The van der Waals surface area contributed by atoms with E-state index in [-0.39, 0.29) is 106 Å². The van der Waals surface area contributed by atoms with Gasteiger partial charge in [-0.05, 0) is 262 Å². The molecular weight excluding hydrogens is 1570 g/mol. The van der Waals surface area contributed by atoms with E-state index < -0.39 is 89.5 Å². The van der Waals surface area contributed by atoms with Crippen LogP contribution in [-0.2, 0) is 98.2 Å². The van der Waals surface area contributed by atoms with Crippen LogP contribution in [0.1, 0.15) is 176 Å². The third-order valence-electron chi connectivity index (χ3n) is 16.5. The first-order chi connectivity index (χ1) is 59.0. The number of aliphatic hydroxyl groups excluding tert-OH is 2. The highest BCUT2D eigenvalue weighted by atomic mass is 17.9. The van der Waals surface area contributed by atoms with Crippen LogP contribution < -0.4 is 5.64 Å². The quantitative estimate of drug-likeness (QED) is 0.0120. The van der Waals surface area contributed by atoms with E-state index in [9.17, 15) is 39.6 Å². The molecule has 3 heterocycles. The van der Waals surface area contributed by atoms with Crippen LogP contribution in [0, 0.1) is 302 Å². The Hall–Kier alpha value is -13.5. The Kier molecular flexibility index (Phi) is 56.1. The fourth-order valence-corrected chi connectivity index (χ4v) is 11.3. The molecule has 2 saturated heterocycles. The number of esters is 1. The molecule has 0 radical (unpaired) electrons. The second-order valence-corrected chi connectivity index (χ2v) is 25.7. The summed E-state index contributed by atoms with van der Waals surface area (Å²) in [5.41, 5.74) is 1.82. The van der Waals surface area contributed by atoms with Gasteiger partial charge in [-0.3, -0.25) is 14.4 Å². The van der Waals surface area contributed by atoms with Crippen molar-refractivity contribution >= 4 is 23.4 Å². The molecule has 2 bridgehead atoms. The number of carbonyl (C=O) groups excluding carboxylic acids is 4. The van der Waals surface area contributed by atoms with E-state index in [4.69, 9.17) is 40.6 Å². The number of allylic oxidation sites excluding steroid dienone is 4. The SMILES string of the molecule is C#CC#CC#CC#CC#CC#CC#CC#CC#CC#CC#CC#CC#CC#CC#CC#CC#CC#CC#CC#CC#CC#CC#CC.CO[C@H]1C[C@@H](C)C/C(C)=C/[C@@H](C/C=C/C(C)(C)O)C(=O)C[C@H](O)[C@@H](C)[C@@H](/C(C)=C/[C@@H]2CC[C@@H](O)[C@H](OC)C2)OC(=O)[C@@H]2CCCCN2C(=O)C(=O)[C@]2(O)O[C@H]1[C@@H](OC)C[C@H]2C.OOOOOONOOOOOOO.[HH].[HH].[HH].[HH].[HH].[HH].[HH].[HH].[HH].[HH].[HH].[HH].[HH].[HH].[HH].[HH].[HH].[HH].[HH].[HH].[HH].[HH].[HH].[HH].[HH].[HH].[HH].[HH].[HH].[HH].[HH].[HH].[HH].[HH].[HH].